The molecule has 2 N–H and O–H groups in total. The van der Waals surface area contributed by atoms with Crippen LogP contribution in [0.15, 0.2) is 11.3 Å². The van der Waals surface area contributed by atoms with Crippen molar-refractivity contribution in [2.45, 2.75) is 205 Å². The number of hydrogen-bond donors (Lipinski definition) is 2. The molecule has 2 heterocycles. The van der Waals surface area contributed by atoms with Gasteiger partial charge in [0.25, 0.3) is 0 Å². The molecule has 3 unspecified atom stereocenters. The van der Waals surface area contributed by atoms with E-state index in [4.69, 9.17) is 14.2 Å². The Kier molecular flexibility index (Phi) is 21.1. The van der Waals surface area contributed by atoms with Gasteiger partial charge in [0.05, 0.1) is 30.7 Å². The van der Waals surface area contributed by atoms with Crippen LogP contribution in [0.4, 0.5) is 0 Å². The maximum Gasteiger partial charge on any atom is 0.150 e. The van der Waals surface area contributed by atoms with Crippen molar-refractivity contribution in [3.05, 3.63) is 11.3 Å². The van der Waals surface area contributed by atoms with Crippen LogP contribution in [-0.2, 0) is 14.2 Å². The Hall–Kier alpha value is -0.660. The van der Waals surface area contributed by atoms with Gasteiger partial charge in [0, 0.05) is 26.1 Å². The number of nitrogens with zero attached hydrogens (tertiary/aromatic N) is 1. The summed E-state index contributed by atoms with van der Waals surface area (Å²) in [4.78, 5) is 2.35. The lowest BCUT2D eigenvalue weighted by Gasteiger charge is -2.28. The molecule has 2 saturated heterocycles. The van der Waals surface area contributed by atoms with E-state index in [1.54, 1.807) is 0 Å². The predicted molar refractivity (Wildman–Crippen MR) is 187 cm³/mol. The van der Waals surface area contributed by atoms with Crippen molar-refractivity contribution in [3.8, 4) is 0 Å². The molecule has 1 aliphatic carbocycles. The SMILES string of the molecule is CCCCCCCCCCC(O)CN(CCCCC(OC1CO[C@@H]2CCO[C@H]12)=C1CCC1)CC(O)CCCCCCCCCC. The minimum absolute atomic E-state index is 0.0371. The molecule has 1 saturated carbocycles. The highest BCUT2D eigenvalue weighted by Gasteiger charge is 2.43. The summed E-state index contributed by atoms with van der Waals surface area (Å²) in [6.45, 7) is 8.24. The summed E-state index contributed by atoms with van der Waals surface area (Å²) < 4.78 is 18.5. The van der Waals surface area contributed by atoms with Gasteiger partial charge in [-0.25, -0.2) is 0 Å². The van der Waals surface area contributed by atoms with E-state index >= 15 is 0 Å². The molecule has 0 aromatic carbocycles. The number of hydrogen-bond acceptors (Lipinski definition) is 6. The molecular weight excluding hydrogens is 562 g/mol. The van der Waals surface area contributed by atoms with Crippen LogP contribution in [0.25, 0.3) is 0 Å². The number of rotatable bonds is 29. The first-order chi connectivity index (χ1) is 22.1. The molecule has 0 aromatic rings. The molecule has 45 heavy (non-hydrogen) atoms. The fraction of sp³-hybridized carbons (Fsp3) is 0.949. The number of aliphatic hydroxyl groups excluding tert-OH is 2. The number of allylic oxidation sites excluding steroid dienone is 2. The Labute approximate surface area is 278 Å². The van der Waals surface area contributed by atoms with E-state index in [1.165, 1.54) is 120 Å². The number of ether oxygens (including phenoxy) is 3. The van der Waals surface area contributed by atoms with E-state index in [0.717, 1.165) is 64.5 Å². The second-order valence-electron chi connectivity index (χ2n) is 14.6. The Morgan fingerprint density at radius 1 is 0.733 bits per heavy atom. The fourth-order valence-corrected chi connectivity index (χ4v) is 7.35. The summed E-state index contributed by atoms with van der Waals surface area (Å²) in [7, 11) is 0. The Bertz CT molecular complexity index is 726. The molecule has 0 amide bonds. The first-order valence-electron chi connectivity index (χ1n) is 19.8. The highest BCUT2D eigenvalue weighted by molar-refractivity contribution is 5.16. The largest absolute Gasteiger partial charge is 0.490 e. The van der Waals surface area contributed by atoms with Gasteiger partial charge in [-0.3, -0.25) is 4.90 Å². The first kappa shape index (κ1) is 38.8. The zero-order chi connectivity index (χ0) is 32.0. The van der Waals surface area contributed by atoms with E-state index < -0.39 is 0 Å². The summed E-state index contributed by atoms with van der Waals surface area (Å²) in [6, 6.07) is 0. The van der Waals surface area contributed by atoms with Crippen molar-refractivity contribution >= 4 is 0 Å². The maximum atomic E-state index is 11.0. The molecule has 3 rings (SSSR count). The predicted octanol–water partition coefficient (Wildman–Crippen LogP) is 9.25. The van der Waals surface area contributed by atoms with Crippen molar-refractivity contribution in [2.24, 2.45) is 0 Å². The highest BCUT2D eigenvalue weighted by Crippen LogP contribution is 2.35. The molecule has 0 radical (unpaired) electrons. The van der Waals surface area contributed by atoms with Crippen molar-refractivity contribution in [1.82, 2.24) is 4.90 Å². The van der Waals surface area contributed by atoms with Gasteiger partial charge in [0.2, 0.25) is 0 Å². The maximum absolute atomic E-state index is 11.0. The van der Waals surface area contributed by atoms with Crippen molar-refractivity contribution < 1.29 is 24.4 Å². The second-order valence-corrected chi connectivity index (χ2v) is 14.6. The van der Waals surface area contributed by atoms with Crippen LogP contribution in [0, 0.1) is 0 Å². The Balaban J connectivity index is 1.38. The quantitative estimate of drug-likeness (QED) is 0.0631. The van der Waals surface area contributed by atoms with Crippen molar-refractivity contribution in [3.63, 3.8) is 0 Å². The highest BCUT2D eigenvalue weighted by atomic mass is 16.6. The number of fused-ring (bicyclic) bond motifs is 1. The van der Waals surface area contributed by atoms with Crippen molar-refractivity contribution in [2.75, 3.05) is 32.8 Å². The molecule has 6 nitrogen and oxygen atoms in total. The van der Waals surface area contributed by atoms with Gasteiger partial charge in [-0.05, 0) is 63.5 Å². The van der Waals surface area contributed by atoms with Crippen molar-refractivity contribution in [1.29, 1.82) is 0 Å². The lowest BCUT2D eigenvalue weighted by molar-refractivity contribution is -0.00549. The average Bonchev–Trinajstić information content (AvgIpc) is 3.62. The topological polar surface area (TPSA) is 71.4 Å². The molecule has 5 atom stereocenters. The standard InChI is InChI=1S/C39H73NO5/c1-3-5-7-9-11-13-15-17-24-34(41)30-40(31-35(42)25-18-16-14-12-10-8-6-4-2)28-20-19-26-36(33-22-21-23-33)45-38-32-44-37-27-29-43-39(37)38/h34-35,37-39,41-42H,3-32H2,1-2H3/t34?,35?,37-,38?,39+/m1/s1. The lowest BCUT2D eigenvalue weighted by atomic mass is 9.90. The van der Waals surface area contributed by atoms with Gasteiger partial charge in [-0.1, -0.05) is 117 Å². The first-order valence-corrected chi connectivity index (χ1v) is 19.8. The molecule has 3 fully saturated rings. The molecular formula is C39H73NO5. The lowest BCUT2D eigenvalue weighted by Crippen LogP contribution is -2.38. The number of aliphatic hydroxyl groups is 2. The van der Waals surface area contributed by atoms with E-state index in [9.17, 15) is 10.2 Å². The van der Waals surface area contributed by atoms with Gasteiger partial charge < -0.3 is 24.4 Å². The normalized spacial score (nSPS) is 22.5. The Morgan fingerprint density at radius 3 is 1.82 bits per heavy atom. The van der Waals surface area contributed by atoms with Crippen LogP contribution >= 0.6 is 0 Å². The second kappa shape index (κ2) is 24.5. The van der Waals surface area contributed by atoms with E-state index in [1.807, 2.05) is 0 Å². The van der Waals surface area contributed by atoms with Crippen LogP contribution in [0.5, 0.6) is 0 Å². The minimum Gasteiger partial charge on any atom is -0.490 e. The Morgan fingerprint density at radius 2 is 1.29 bits per heavy atom. The summed E-state index contributed by atoms with van der Waals surface area (Å²) in [5.41, 5.74) is 1.50. The molecule has 0 bridgehead atoms. The third-order valence-corrected chi connectivity index (χ3v) is 10.4. The molecule has 2 aliphatic heterocycles. The minimum atomic E-state index is -0.307. The summed E-state index contributed by atoms with van der Waals surface area (Å²) in [5.74, 6) is 1.20. The third kappa shape index (κ3) is 16.3. The van der Waals surface area contributed by atoms with Crippen LogP contribution in [0.1, 0.15) is 174 Å². The molecule has 3 aliphatic rings. The molecule has 6 heteroatoms. The average molecular weight is 636 g/mol. The molecule has 0 spiro atoms. The van der Waals surface area contributed by atoms with E-state index in [0.29, 0.717) is 19.7 Å². The van der Waals surface area contributed by atoms with Crippen LogP contribution < -0.4 is 0 Å². The van der Waals surface area contributed by atoms with Crippen LogP contribution in [-0.4, -0.2) is 78.5 Å². The summed E-state index contributed by atoms with van der Waals surface area (Å²) in [5, 5.41) is 21.9. The smallest absolute Gasteiger partial charge is 0.150 e. The summed E-state index contributed by atoms with van der Waals surface area (Å²) in [6.07, 6.45) is 29.8. The monoisotopic (exact) mass is 636 g/mol. The third-order valence-electron chi connectivity index (χ3n) is 10.4. The van der Waals surface area contributed by atoms with Gasteiger partial charge in [-0.15, -0.1) is 0 Å². The van der Waals surface area contributed by atoms with E-state index in [-0.39, 0.29) is 30.5 Å². The summed E-state index contributed by atoms with van der Waals surface area (Å²) >= 11 is 0. The fourth-order valence-electron chi connectivity index (χ4n) is 7.35. The van der Waals surface area contributed by atoms with Gasteiger partial charge in [-0.2, -0.15) is 0 Å². The van der Waals surface area contributed by atoms with Crippen LogP contribution in [0.3, 0.4) is 0 Å². The van der Waals surface area contributed by atoms with E-state index in [2.05, 4.69) is 18.7 Å². The molecule has 264 valence electrons. The zero-order valence-corrected chi connectivity index (χ0v) is 29.7. The zero-order valence-electron chi connectivity index (χ0n) is 29.7. The number of unbranched alkanes of at least 4 members (excludes halogenated alkanes) is 15. The van der Waals surface area contributed by atoms with Gasteiger partial charge in [0.1, 0.15) is 12.2 Å². The van der Waals surface area contributed by atoms with Crippen LogP contribution in [0.2, 0.25) is 0 Å². The molecule has 0 aromatic heterocycles. The van der Waals surface area contributed by atoms with Gasteiger partial charge >= 0.3 is 0 Å². The van der Waals surface area contributed by atoms with Gasteiger partial charge in [0.15, 0.2) is 0 Å².